The fourth-order valence-corrected chi connectivity index (χ4v) is 3.56. The quantitative estimate of drug-likeness (QED) is 0.928. The monoisotopic (exact) mass is 303 g/mol. The van der Waals surface area contributed by atoms with E-state index in [1.54, 1.807) is 0 Å². The Morgan fingerprint density at radius 3 is 2.65 bits per heavy atom. The summed E-state index contributed by atoms with van der Waals surface area (Å²) in [5.41, 5.74) is 3.53. The van der Waals surface area contributed by atoms with Crippen molar-refractivity contribution in [3.8, 4) is 6.07 Å². The van der Waals surface area contributed by atoms with Gasteiger partial charge < -0.3 is 5.32 Å². The van der Waals surface area contributed by atoms with Crippen LogP contribution in [0.4, 0.5) is 5.69 Å². The molecule has 4 heteroatoms. The number of anilines is 1. The number of nitriles is 1. The molecule has 0 aromatic heterocycles. The third kappa shape index (κ3) is 2.21. The van der Waals surface area contributed by atoms with Crippen LogP contribution in [0, 0.1) is 11.3 Å². The Labute approximate surface area is 135 Å². The Kier molecular flexibility index (Phi) is 3.17. The van der Waals surface area contributed by atoms with Crippen molar-refractivity contribution in [3.63, 3.8) is 0 Å². The molecule has 1 fully saturated rings. The number of fused-ring (bicyclic) bond motifs is 1. The Hall–Kier alpha value is -2.64. The fraction of sp³-hybridized carbons (Fsp3) is 0.263. The molecule has 0 aliphatic carbocycles. The van der Waals surface area contributed by atoms with Gasteiger partial charge in [-0.25, -0.2) is 0 Å². The Morgan fingerprint density at radius 1 is 1.17 bits per heavy atom. The molecule has 0 saturated carbocycles. The van der Waals surface area contributed by atoms with E-state index in [-0.39, 0.29) is 5.91 Å². The lowest BCUT2D eigenvalue weighted by atomic mass is 9.75. The van der Waals surface area contributed by atoms with Crippen LogP contribution in [0.5, 0.6) is 0 Å². The van der Waals surface area contributed by atoms with Gasteiger partial charge in [-0.05, 0) is 35.7 Å². The van der Waals surface area contributed by atoms with Gasteiger partial charge in [-0.3, -0.25) is 9.69 Å². The first kappa shape index (κ1) is 14.0. The van der Waals surface area contributed by atoms with Gasteiger partial charge in [0.2, 0.25) is 5.91 Å². The van der Waals surface area contributed by atoms with E-state index >= 15 is 0 Å². The molecule has 4 rings (SSSR count). The maximum Gasteiger partial charge on any atom is 0.245 e. The molecule has 2 aromatic rings. The second-order valence-electron chi connectivity index (χ2n) is 6.30. The number of carbonyl (C=O) groups is 1. The van der Waals surface area contributed by atoms with Crippen molar-refractivity contribution in [1.82, 2.24) is 4.90 Å². The zero-order chi connectivity index (χ0) is 15.9. The summed E-state index contributed by atoms with van der Waals surface area (Å²) in [5, 5.41) is 11.9. The molecule has 114 valence electrons. The van der Waals surface area contributed by atoms with Crippen LogP contribution in [-0.2, 0) is 17.8 Å². The highest BCUT2D eigenvalue weighted by molar-refractivity contribution is 6.01. The van der Waals surface area contributed by atoms with Gasteiger partial charge in [0.05, 0.1) is 11.6 Å². The molecule has 1 saturated heterocycles. The molecule has 2 aromatic carbocycles. The minimum Gasteiger partial charge on any atom is -0.324 e. The highest BCUT2D eigenvalue weighted by Crippen LogP contribution is 2.41. The number of amides is 1. The van der Waals surface area contributed by atoms with E-state index in [0.717, 1.165) is 37.2 Å². The lowest BCUT2D eigenvalue weighted by Gasteiger charge is -2.53. The third-order valence-corrected chi connectivity index (χ3v) is 5.03. The summed E-state index contributed by atoms with van der Waals surface area (Å²) in [6.07, 6.45) is 1.66. The Balaban J connectivity index is 1.57. The van der Waals surface area contributed by atoms with E-state index in [1.165, 1.54) is 5.56 Å². The van der Waals surface area contributed by atoms with E-state index in [0.29, 0.717) is 5.56 Å². The average molecular weight is 303 g/mol. The van der Waals surface area contributed by atoms with E-state index < -0.39 is 5.54 Å². The molecule has 1 unspecified atom stereocenters. The molecule has 2 aliphatic heterocycles. The van der Waals surface area contributed by atoms with Crippen molar-refractivity contribution in [3.05, 3.63) is 65.2 Å². The van der Waals surface area contributed by atoms with E-state index in [2.05, 4.69) is 22.4 Å². The first-order chi connectivity index (χ1) is 11.2. The van der Waals surface area contributed by atoms with Crippen molar-refractivity contribution >= 4 is 11.6 Å². The predicted molar refractivity (Wildman–Crippen MR) is 87.7 cm³/mol. The lowest BCUT2D eigenvalue weighted by molar-refractivity contribution is -0.139. The van der Waals surface area contributed by atoms with Crippen LogP contribution in [-0.4, -0.2) is 22.9 Å². The van der Waals surface area contributed by atoms with Gasteiger partial charge in [-0.2, -0.15) is 5.26 Å². The molecule has 2 heterocycles. The van der Waals surface area contributed by atoms with Gasteiger partial charge in [0, 0.05) is 25.2 Å². The Morgan fingerprint density at radius 2 is 1.96 bits per heavy atom. The van der Waals surface area contributed by atoms with Gasteiger partial charge in [0.15, 0.2) is 0 Å². The SMILES string of the molecule is N#Cc1ccc(CN2CCC23Cc2ccccc2NC3=O)cc1. The molecular formula is C19H17N3O. The molecule has 1 atom stereocenters. The zero-order valence-corrected chi connectivity index (χ0v) is 12.7. The standard InChI is InChI=1S/C19H17N3O/c20-12-14-5-7-15(8-6-14)13-22-10-9-19(22)11-16-3-1-2-4-17(16)21-18(19)23/h1-8H,9-11,13H2,(H,21,23). The Bertz CT molecular complexity index is 806. The van der Waals surface area contributed by atoms with Gasteiger partial charge in [0.25, 0.3) is 0 Å². The first-order valence-electron chi connectivity index (χ1n) is 7.85. The van der Waals surface area contributed by atoms with Gasteiger partial charge in [-0.15, -0.1) is 0 Å². The number of benzene rings is 2. The number of rotatable bonds is 2. The molecule has 1 N–H and O–H groups in total. The van der Waals surface area contributed by atoms with Gasteiger partial charge in [0.1, 0.15) is 5.54 Å². The predicted octanol–water partition coefficient (Wildman–Crippen LogP) is 2.70. The van der Waals surface area contributed by atoms with Crippen LogP contribution in [0.3, 0.4) is 0 Å². The number of nitrogens with one attached hydrogen (secondary N) is 1. The van der Waals surface area contributed by atoms with Crippen LogP contribution in [0.1, 0.15) is 23.1 Å². The van der Waals surface area contributed by atoms with Crippen LogP contribution < -0.4 is 5.32 Å². The van der Waals surface area contributed by atoms with E-state index in [1.807, 2.05) is 42.5 Å². The summed E-state index contributed by atoms with van der Waals surface area (Å²) in [6, 6.07) is 17.8. The number of likely N-dealkylation sites (tertiary alicyclic amines) is 1. The topological polar surface area (TPSA) is 56.1 Å². The maximum atomic E-state index is 12.7. The second kappa shape index (κ2) is 5.22. The number of nitrogens with zero attached hydrogens (tertiary/aromatic N) is 2. The van der Waals surface area contributed by atoms with Crippen LogP contribution in [0.15, 0.2) is 48.5 Å². The van der Waals surface area contributed by atoms with Crippen LogP contribution in [0.2, 0.25) is 0 Å². The summed E-state index contributed by atoms with van der Waals surface area (Å²) in [6.45, 7) is 1.66. The number of para-hydroxylation sites is 1. The number of carbonyl (C=O) groups excluding carboxylic acids is 1. The fourth-order valence-electron chi connectivity index (χ4n) is 3.56. The maximum absolute atomic E-state index is 12.7. The van der Waals surface area contributed by atoms with Crippen molar-refractivity contribution < 1.29 is 4.79 Å². The minimum atomic E-state index is -0.414. The van der Waals surface area contributed by atoms with Crippen molar-refractivity contribution in [2.75, 3.05) is 11.9 Å². The highest BCUT2D eigenvalue weighted by Gasteiger charge is 2.52. The van der Waals surface area contributed by atoms with Crippen LogP contribution in [0.25, 0.3) is 0 Å². The smallest absolute Gasteiger partial charge is 0.245 e. The van der Waals surface area contributed by atoms with Crippen molar-refractivity contribution in [2.24, 2.45) is 0 Å². The summed E-state index contributed by atoms with van der Waals surface area (Å²) in [7, 11) is 0. The summed E-state index contributed by atoms with van der Waals surface area (Å²) in [5.74, 6) is 0.107. The molecule has 1 amide bonds. The second-order valence-corrected chi connectivity index (χ2v) is 6.30. The minimum absolute atomic E-state index is 0.107. The van der Waals surface area contributed by atoms with E-state index in [9.17, 15) is 4.79 Å². The van der Waals surface area contributed by atoms with Crippen molar-refractivity contribution in [2.45, 2.75) is 24.9 Å². The number of hydrogen-bond donors (Lipinski definition) is 1. The molecule has 1 spiro atoms. The molecule has 2 aliphatic rings. The molecule has 0 radical (unpaired) electrons. The highest BCUT2D eigenvalue weighted by atomic mass is 16.2. The van der Waals surface area contributed by atoms with Crippen LogP contribution >= 0.6 is 0 Å². The molecule has 4 nitrogen and oxygen atoms in total. The first-order valence-corrected chi connectivity index (χ1v) is 7.85. The largest absolute Gasteiger partial charge is 0.324 e. The third-order valence-electron chi connectivity index (χ3n) is 5.03. The van der Waals surface area contributed by atoms with E-state index in [4.69, 9.17) is 5.26 Å². The van der Waals surface area contributed by atoms with Gasteiger partial charge in [-0.1, -0.05) is 30.3 Å². The lowest BCUT2D eigenvalue weighted by Crippen LogP contribution is -2.68. The summed E-state index contributed by atoms with van der Waals surface area (Å²) in [4.78, 5) is 14.9. The zero-order valence-electron chi connectivity index (χ0n) is 12.7. The average Bonchev–Trinajstić information content (AvgIpc) is 2.58. The molecular weight excluding hydrogens is 286 g/mol. The molecule has 23 heavy (non-hydrogen) atoms. The van der Waals surface area contributed by atoms with Crippen molar-refractivity contribution in [1.29, 1.82) is 5.26 Å². The summed E-state index contributed by atoms with van der Waals surface area (Å²) < 4.78 is 0. The normalized spacial score (nSPS) is 22.8. The number of hydrogen-bond acceptors (Lipinski definition) is 3. The van der Waals surface area contributed by atoms with Gasteiger partial charge >= 0.3 is 0 Å². The summed E-state index contributed by atoms with van der Waals surface area (Å²) >= 11 is 0. The molecule has 0 bridgehead atoms.